The summed E-state index contributed by atoms with van der Waals surface area (Å²) in [5.74, 6) is 3.55. The Morgan fingerprint density at radius 2 is 0.500 bits per heavy atom. The molecular weight excluding hydrogens is 216 g/mol. The second-order valence-corrected chi connectivity index (χ2v) is 6.73. The van der Waals surface area contributed by atoms with Crippen molar-refractivity contribution in [2.45, 2.75) is 94.9 Å². The molecule has 0 fully saturated rings. The molecule has 0 aromatic heterocycles. The lowest BCUT2D eigenvalue weighted by atomic mass is 10.0. The molecule has 0 aromatic carbocycles. The molecule has 0 saturated carbocycles. The van der Waals surface area contributed by atoms with Crippen LogP contribution in [0, 0.1) is 23.7 Å². The third-order valence-corrected chi connectivity index (χ3v) is 2.64. The molecule has 18 heavy (non-hydrogen) atoms. The van der Waals surface area contributed by atoms with Gasteiger partial charge >= 0.3 is 0 Å². The molecule has 0 N–H and O–H groups in total. The second kappa shape index (κ2) is 17.0. The van der Waals surface area contributed by atoms with E-state index in [0.717, 1.165) is 23.7 Å². The lowest BCUT2D eigenvalue weighted by Gasteiger charge is -2.05. The molecule has 0 amide bonds. The van der Waals surface area contributed by atoms with E-state index >= 15 is 0 Å². The molecule has 0 aliphatic carbocycles. The summed E-state index contributed by atoms with van der Waals surface area (Å²) in [5.41, 5.74) is 0. The van der Waals surface area contributed by atoms with Gasteiger partial charge in [0, 0.05) is 0 Å². The molecule has 0 saturated heterocycles. The van der Waals surface area contributed by atoms with E-state index < -0.39 is 0 Å². The number of rotatable bonds is 6. The van der Waals surface area contributed by atoms with Crippen LogP contribution in [0.5, 0.6) is 0 Å². The van der Waals surface area contributed by atoms with Gasteiger partial charge in [-0.2, -0.15) is 0 Å². The average molecular weight is 259 g/mol. The minimum absolute atomic E-state index is 0.886. The standard InChI is InChI=1S/2C8H18.C2H6/c2*1-7(2)5-6-8(3)4;1-2/h2*7-8H,5-6H2,1-4H3;1-2H3. The Labute approximate surface area is 119 Å². The predicted octanol–water partition coefficient (Wildman–Crippen LogP) is 7.18. The van der Waals surface area contributed by atoms with Crippen LogP contribution in [0.25, 0.3) is 0 Å². The van der Waals surface area contributed by atoms with Crippen LogP contribution in [0.3, 0.4) is 0 Å². The van der Waals surface area contributed by atoms with Crippen molar-refractivity contribution in [1.29, 1.82) is 0 Å². The summed E-state index contributed by atoms with van der Waals surface area (Å²) in [4.78, 5) is 0. The van der Waals surface area contributed by atoms with Crippen molar-refractivity contribution >= 4 is 0 Å². The molecule has 0 aliphatic rings. The maximum atomic E-state index is 2.28. The van der Waals surface area contributed by atoms with Gasteiger partial charge in [-0.25, -0.2) is 0 Å². The minimum Gasteiger partial charge on any atom is -0.0683 e. The minimum atomic E-state index is 0.886. The predicted molar refractivity (Wildman–Crippen MR) is 89.2 cm³/mol. The third kappa shape index (κ3) is 36.0. The van der Waals surface area contributed by atoms with Gasteiger partial charge in [-0.1, -0.05) is 94.9 Å². The van der Waals surface area contributed by atoms with Gasteiger partial charge in [-0.15, -0.1) is 0 Å². The molecule has 0 spiro atoms. The van der Waals surface area contributed by atoms with Crippen LogP contribution in [-0.2, 0) is 0 Å². The molecule has 0 atom stereocenters. The Balaban J connectivity index is -0.000000219. The molecule has 0 aliphatic heterocycles. The van der Waals surface area contributed by atoms with Gasteiger partial charge in [-0.05, 0) is 23.7 Å². The van der Waals surface area contributed by atoms with Crippen LogP contribution in [-0.4, -0.2) is 0 Å². The maximum Gasteiger partial charge on any atom is -0.0471 e. The van der Waals surface area contributed by atoms with E-state index in [9.17, 15) is 0 Å². The van der Waals surface area contributed by atoms with Crippen molar-refractivity contribution in [2.24, 2.45) is 23.7 Å². The lowest BCUT2D eigenvalue weighted by molar-refractivity contribution is 0.476. The Kier molecular flexibility index (Phi) is 21.8. The van der Waals surface area contributed by atoms with Crippen molar-refractivity contribution in [3.8, 4) is 0 Å². The van der Waals surface area contributed by atoms with Crippen molar-refractivity contribution in [2.75, 3.05) is 0 Å². The van der Waals surface area contributed by atoms with Gasteiger partial charge in [-0.3, -0.25) is 0 Å². The summed E-state index contributed by atoms with van der Waals surface area (Å²) in [6, 6.07) is 0. The molecule has 0 radical (unpaired) electrons. The molecule has 0 bridgehead atoms. The summed E-state index contributed by atoms with van der Waals surface area (Å²) in [5, 5.41) is 0. The van der Waals surface area contributed by atoms with E-state index in [4.69, 9.17) is 0 Å². The first-order valence-electron chi connectivity index (χ1n) is 8.25. The Hall–Kier alpha value is 0. The van der Waals surface area contributed by atoms with Crippen LogP contribution in [0.2, 0.25) is 0 Å². The molecule has 0 nitrogen and oxygen atoms in total. The van der Waals surface area contributed by atoms with Crippen LogP contribution < -0.4 is 0 Å². The van der Waals surface area contributed by atoms with Crippen LogP contribution in [0.4, 0.5) is 0 Å². The Morgan fingerprint density at radius 3 is 0.556 bits per heavy atom. The van der Waals surface area contributed by atoms with E-state index in [1.54, 1.807) is 0 Å². The highest BCUT2D eigenvalue weighted by molar-refractivity contribution is 4.49. The first-order valence-corrected chi connectivity index (χ1v) is 8.25. The van der Waals surface area contributed by atoms with E-state index in [1.165, 1.54) is 25.7 Å². The van der Waals surface area contributed by atoms with Gasteiger partial charge in [0.2, 0.25) is 0 Å². The zero-order chi connectivity index (χ0) is 15.1. The fraction of sp³-hybridized carbons (Fsp3) is 1.00. The fourth-order valence-electron chi connectivity index (χ4n) is 1.33. The molecule has 0 rings (SSSR count). The monoisotopic (exact) mass is 258 g/mol. The SMILES string of the molecule is CC.CC(C)CCC(C)C.CC(C)CCC(C)C. The van der Waals surface area contributed by atoms with E-state index in [-0.39, 0.29) is 0 Å². The molecule has 0 heterocycles. The summed E-state index contributed by atoms with van der Waals surface area (Å²) in [6.07, 6.45) is 5.55. The van der Waals surface area contributed by atoms with Gasteiger partial charge in [0.25, 0.3) is 0 Å². The smallest absolute Gasteiger partial charge is 0.0471 e. The first kappa shape index (κ1) is 23.1. The average Bonchev–Trinajstić information content (AvgIpc) is 2.27. The largest absolute Gasteiger partial charge is 0.0683 e. The van der Waals surface area contributed by atoms with Crippen molar-refractivity contribution < 1.29 is 0 Å². The van der Waals surface area contributed by atoms with Crippen molar-refractivity contribution in [3.63, 3.8) is 0 Å². The van der Waals surface area contributed by atoms with Crippen LogP contribution >= 0.6 is 0 Å². The summed E-state index contributed by atoms with van der Waals surface area (Å²) < 4.78 is 0. The normalized spacial score (nSPS) is 10.3. The zero-order valence-electron chi connectivity index (χ0n) is 15.1. The van der Waals surface area contributed by atoms with Crippen molar-refractivity contribution in [3.05, 3.63) is 0 Å². The van der Waals surface area contributed by atoms with Gasteiger partial charge in [0.15, 0.2) is 0 Å². The summed E-state index contributed by atoms with van der Waals surface area (Å²) >= 11 is 0. The number of hydrogen-bond acceptors (Lipinski definition) is 0. The third-order valence-electron chi connectivity index (χ3n) is 2.64. The van der Waals surface area contributed by atoms with Gasteiger partial charge < -0.3 is 0 Å². The highest BCUT2D eigenvalue weighted by Crippen LogP contribution is 2.10. The van der Waals surface area contributed by atoms with E-state index in [1.807, 2.05) is 13.8 Å². The fourth-order valence-corrected chi connectivity index (χ4v) is 1.33. The second-order valence-electron chi connectivity index (χ2n) is 6.73. The number of hydrogen-bond donors (Lipinski definition) is 0. The molecule has 0 unspecified atom stereocenters. The molecule has 114 valence electrons. The van der Waals surface area contributed by atoms with Gasteiger partial charge in [0.1, 0.15) is 0 Å². The highest BCUT2D eigenvalue weighted by Gasteiger charge is 1.96. The van der Waals surface area contributed by atoms with Crippen molar-refractivity contribution in [1.82, 2.24) is 0 Å². The van der Waals surface area contributed by atoms with Gasteiger partial charge in [0.05, 0.1) is 0 Å². The first-order chi connectivity index (χ1) is 8.25. The van der Waals surface area contributed by atoms with E-state index in [2.05, 4.69) is 55.4 Å². The van der Waals surface area contributed by atoms with E-state index in [0.29, 0.717) is 0 Å². The topological polar surface area (TPSA) is 0 Å². The molecular formula is C18H42. The summed E-state index contributed by atoms with van der Waals surface area (Å²) in [6.45, 7) is 22.2. The summed E-state index contributed by atoms with van der Waals surface area (Å²) in [7, 11) is 0. The Bertz CT molecular complexity index is 88.0. The zero-order valence-corrected chi connectivity index (χ0v) is 15.1. The quantitative estimate of drug-likeness (QED) is 0.473. The van der Waals surface area contributed by atoms with Crippen LogP contribution in [0.15, 0.2) is 0 Å². The lowest BCUT2D eigenvalue weighted by Crippen LogP contribution is -1.91. The molecule has 0 aromatic rings. The maximum absolute atomic E-state index is 2.28. The Morgan fingerprint density at radius 1 is 0.389 bits per heavy atom. The van der Waals surface area contributed by atoms with Crippen LogP contribution in [0.1, 0.15) is 94.9 Å². The molecule has 0 heteroatoms. The highest BCUT2D eigenvalue weighted by atomic mass is 14.0.